The molecule has 32 heavy (non-hydrogen) atoms. The van der Waals surface area contributed by atoms with Gasteiger partial charge in [0.2, 0.25) is 0 Å². The van der Waals surface area contributed by atoms with E-state index in [1.54, 1.807) is 7.11 Å². The number of rotatable bonds is 6. The van der Waals surface area contributed by atoms with Gasteiger partial charge < -0.3 is 10.1 Å². The van der Waals surface area contributed by atoms with E-state index in [0.29, 0.717) is 5.92 Å². The fourth-order valence-corrected chi connectivity index (χ4v) is 4.77. The molecule has 0 saturated heterocycles. The van der Waals surface area contributed by atoms with Crippen LogP contribution in [0.25, 0.3) is 11.1 Å². The Labute approximate surface area is 193 Å². The molecule has 1 saturated carbocycles. The summed E-state index contributed by atoms with van der Waals surface area (Å²) in [6, 6.07) is 15.4. The smallest absolute Gasteiger partial charge is 0.121 e. The number of nitrogens with one attached hydrogen (secondary N) is 1. The molecule has 4 nitrogen and oxygen atoms in total. The van der Waals surface area contributed by atoms with Gasteiger partial charge in [0.1, 0.15) is 5.75 Å². The first-order chi connectivity index (χ1) is 15.3. The normalized spacial score (nSPS) is 19.0. The van der Waals surface area contributed by atoms with E-state index in [1.165, 1.54) is 53.6 Å². The van der Waals surface area contributed by atoms with Gasteiger partial charge in [-0.05, 0) is 100 Å². The third-order valence-corrected chi connectivity index (χ3v) is 6.80. The molecule has 0 radical (unpaired) electrons. The maximum absolute atomic E-state index is 5.42. The summed E-state index contributed by atoms with van der Waals surface area (Å²) in [5, 5.41) is 8.25. The SMILES string of the molecule is COc1ccc([C@H]2CC[C@H](CNc3cccc(-c4cnn(C(C)(C)C)c4)c3)CC2)cc1C. The molecule has 0 aliphatic heterocycles. The molecule has 1 aliphatic carbocycles. The molecule has 0 unspecified atom stereocenters. The van der Waals surface area contributed by atoms with Crippen LogP contribution in [0.3, 0.4) is 0 Å². The van der Waals surface area contributed by atoms with Gasteiger partial charge >= 0.3 is 0 Å². The van der Waals surface area contributed by atoms with Gasteiger partial charge in [-0.3, -0.25) is 4.68 Å². The Bertz CT molecular complexity index is 1040. The second-order valence-electron chi connectivity index (χ2n) is 10.3. The van der Waals surface area contributed by atoms with Crippen molar-refractivity contribution in [2.75, 3.05) is 19.0 Å². The monoisotopic (exact) mass is 431 g/mol. The van der Waals surface area contributed by atoms with E-state index >= 15 is 0 Å². The van der Waals surface area contributed by atoms with Crippen LogP contribution >= 0.6 is 0 Å². The summed E-state index contributed by atoms with van der Waals surface area (Å²) in [5.41, 5.74) is 6.28. The van der Waals surface area contributed by atoms with Gasteiger partial charge in [0.15, 0.2) is 0 Å². The van der Waals surface area contributed by atoms with Gasteiger partial charge in [0, 0.05) is 24.0 Å². The number of aryl methyl sites for hydroxylation is 1. The summed E-state index contributed by atoms with van der Waals surface area (Å²) in [6.45, 7) is 9.70. The van der Waals surface area contributed by atoms with Gasteiger partial charge in [-0.1, -0.05) is 24.3 Å². The van der Waals surface area contributed by atoms with Crippen molar-refractivity contribution in [2.24, 2.45) is 5.92 Å². The van der Waals surface area contributed by atoms with Gasteiger partial charge in [-0.15, -0.1) is 0 Å². The van der Waals surface area contributed by atoms with Crippen LogP contribution in [0.4, 0.5) is 5.69 Å². The molecule has 1 N–H and O–H groups in total. The van der Waals surface area contributed by atoms with Crippen molar-refractivity contribution in [2.45, 2.75) is 64.8 Å². The van der Waals surface area contributed by atoms with Crippen molar-refractivity contribution >= 4 is 5.69 Å². The van der Waals surface area contributed by atoms with Crippen LogP contribution in [-0.4, -0.2) is 23.4 Å². The molecule has 0 bridgehead atoms. The van der Waals surface area contributed by atoms with Crippen LogP contribution in [0.5, 0.6) is 5.75 Å². The molecule has 3 aromatic rings. The second-order valence-corrected chi connectivity index (χ2v) is 10.3. The first-order valence-electron chi connectivity index (χ1n) is 11.9. The Balaban J connectivity index is 1.32. The third-order valence-electron chi connectivity index (χ3n) is 6.80. The number of ether oxygens (including phenoxy) is 1. The van der Waals surface area contributed by atoms with E-state index in [2.05, 4.69) is 86.8 Å². The predicted molar refractivity (Wildman–Crippen MR) is 134 cm³/mol. The largest absolute Gasteiger partial charge is 0.496 e. The number of anilines is 1. The zero-order valence-corrected chi connectivity index (χ0v) is 20.2. The van der Waals surface area contributed by atoms with E-state index in [9.17, 15) is 0 Å². The van der Waals surface area contributed by atoms with Crippen LogP contribution < -0.4 is 10.1 Å². The average Bonchev–Trinajstić information content (AvgIpc) is 3.29. The topological polar surface area (TPSA) is 39.1 Å². The second kappa shape index (κ2) is 9.40. The summed E-state index contributed by atoms with van der Waals surface area (Å²) in [6.07, 6.45) is 9.20. The third kappa shape index (κ3) is 5.17. The van der Waals surface area contributed by atoms with Crippen LogP contribution in [0.2, 0.25) is 0 Å². The molecule has 0 atom stereocenters. The molecule has 1 heterocycles. The molecule has 1 aromatic heterocycles. The summed E-state index contributed by atoms with van der Waals surface area (Å²) in [5.74, 6) is 2.40. The Kier molecular flexibility index (Phi) is 6.59. The fraction of sp³-hybridized carbons (Fsp3) is 0.464. The van der Waals surface area contributed by atoms with Gasteiger partial charge in [-0.2, -0.15) is 5.10 Å². The Morgan fingerprint density at radius 2 is 1.81 bits per heavy atom. The molecular weight excluding hydrogens is 394 g/mol. The van der Waals surface area contributed by atoms with Gasteiger partial charge in [0.25, 0.3) is 0 Å². The fourth-order valence-electron chi connectivity index (χ4n) is 4.77. The lowest BCUT2D eigenvalue weighted by molar-refractivity contribution is 0.338. The van der Waals surface area contributed by atoms with E-state index in [4.69, 9.17) is 4.74 Å². The summed E-state index contributed by atoms with van der Waals surface area (Å²) in [7, 11) is 1.74. The van der Waals surface area contributed by atoms with Crippen molar-refractivity contribution in [1.29, 1.82) is 0 Å². The summed E-state index contributed by atoms with van der Waals surface area (Å²) >= 11 is 0. The van der Waals surface area contributed by atoms with Crippen molar-refractivity contribution in [3.8, 4) is 16.9 Å². The summed E-state index contributed by atoms with van der Waals surface area (Å²) in [4.78, 5) is 0. The minimum absolute atomic E-state index is 0.00251. The summed E-state index contributed by atoms with van der Waals surface area (Å²) < 4.78 is 7.45. The first kappa shape index (κ1) is 22.4. The Hall–Kier alpha value is -2.75. The molecular formula is C28H37N3O. The number of aromatic nitrogens is 2. The highest BCUT2D eigenvalue weighted by Gasteiger charge is 2.23. The highest BCUT2D eigenvalue weighted by molar-refractivity contribution is 5.67. The highest BCUT2D eigenvalue weighted by Crippen LogP contribution is 2.37. The number of hydrogen-bond donors (Lipinski definition) is 1. The number of hydrogen-bond acceptors (Lipinski definition) is 3. The zero-order chi connectivity index (χ0) is 22.7. The predicted octanol–water partition coefficient (Wildman–Crippen LogP) is 7.01. The molecule has 4 rings (SSSR count). The van der Waals surface area contributed by atoms with Gasteiger partial charge in [-0.25, -0.2) is 0 Å². The molecule has 4 heteroatoms. The van der Waals surface area contributed by atoms with Crippen molar-refractivity contribution in [3.63, 3.8) is 0 Å². The van der Waals surface area contributed by atoms with Gasteiger partial charge in [0.05, 0.1) is 18.8 Å². The van der Waals surface area contributed by atoms with Crippen molar-refractivity contribution < 1.29 is 4.74 Å². The maximum Gasteiger partial charge on any atom is 0.121 e. The van der Waals surface area contributed by atoms with Crippen LogP contribution in [0.15, 0.2) is 54.9 Å². The molecule has 0 amide bonds. The Morgan fingerprint density at radius 1 is 1.03 bits per heavy atom. The number of nitrogens with zero attached hydrogens (tertiary/aromatic N) is 2. The van der Waals surface area contributed by atoms with Crippen LogP contribution in [0.1, 0.15) is 63.5 Å². The van der Waals surface area contributed by atoms with E-state index in [1.807, 2.05) is 10.9 Å². The van der Waals surface area contributed by atoms with Crippen molar-refractivity contribution in [1.82, 2.24) is 9.78 Å². The first-order valence-corrected chi connectivity index (χ1v) is 11.9. The highest BCUT2D eigenvalue weighted by atomic mass is 16.5. The Morgan fingerprint density at radius 3 is 2.47 bits per heavy atom. The lowest BCUT2D eigenvalue weighted by Crippen LogP contribution is -2.21. The standard InChI is InChI=1S/C28H37N3O/c1-20-15-24(13-14-27(20)32-5)22-11-9-21(10-12-22)17-29-26-8-6-7-23(16-26)25-18-30-31(19-25)28(2,3)4/h6-8,13-16,18-19,21-22,29H,9-12,17H2,1-5H3/t21-,22-. The zero-order valence-electron chi connectivity index (χ0n) is 20.2. The van der Waals surface area contributed by atoms with Crippen LogP contribution in [0, 0.1) is 12.8 Å². The molecule has 2 aromatic carbocycles. The minimum atomic E-state index is -0.00251. The van der Waals surface area contributed by atoms with E-state index in [0.717, 1.165) is 18.2 Å². The molecule has 1 fully saturated rings. The van der Waals surface area contributed by atoms with E-state index < -0.39 is 0 Å². The number of methoxy groups -OCH3 is 1. The molecule has 170 valence electrons. The molecule has 0 spiro atoms. The average molecular weight is 432 g/mol. The lowest BCUT2D eigenvalue weighted by Gasteiger charge is -2.29. The maximum atomic E-state index is 5.42. The van der Waals surface area contributed by atoms with E-state index in [-0.39, 0.29) is 5.54 Å². The molecule has 1 aliphatic rings. The number of benzene rings is 2. The lowest BCUT2D eigenvalue weighted by atomic mass is 9.78. The minimum Gasteiger partial charge on any atom is -0.496 e. The van der Waals surface area contributed by atoms with Crippen molar-refractivity contribution in [3.05, 3.63) is 66.0 Å². The quantitative estimate of drug-likeness (QED) is 0.456. The van der Waals surface area contributed by atoms with Crippen LogP contribution in [-0.2, 0) is 5.54 Å².